The Balaban J connectivity index is 1.98. The Hall–Kier alpha value is -2.53. The number of aryl methyl sites for hydroxylation is 1. The van der Waals surface area contributed by atoms with Crippen molar-refractivity contribution in [3.8, 4) is 11.5 Å². The van der Waals surface area contributed by atoms with Crippen LogP contribution in [0.5, 0.6) is 11.5 Å². The van der Waals surface area contributed by atoms with Gasteiger partial charge in [-0.3, -0.25) is 4.79 Å². The van der Waals surface area contributed by atoms with E-state index in [0.717, 1.165) is 11.1 Å². The molecule has 0 spiro atoms. The number of aromatic hydroxyl groups is 1. The predicted molar refractivity (Wildman–Crippen MR) is 94.7 cm³/mol. The number of benzene rings is 2. The van der Waals surface area contributed by atoms with Crippen LogP contribution in [-0.2, 0) is 4.79 Å². The lowest BCUT2D eigenvalue weighted by Crippen LogP contribution is -2.34. The lowest BCUT2D eigenvalue weighted by molar-refractivity contribution is -0.127. The molecule has 1 atom stereocenters. The summed E-state index contributed by atoms with van der Waals surface area (Å²) in [6.07, 6.45) is -0.707. The van der Waals surface area contributed by atoms with Crippen LogP contribution in [0.4, 0.5) is 0 Å². The van der Waals surface area contributed by atoms with Crippen LogP contribution in [0, 0.1) is 6.92 Å². The van der Waals surface area contributed by atoms with Gasteiger partial charge in [0.25, 0.3) is 5.91 Å². The Kier molecular flexibility index (Phi) is 5.82. The van der Waals surface area contributed by atoms with Gasteiger partial charge in [-0.15, -0.1) is 0 Å². The molecular formula is C18H19ClN2O3. The van der Waals surface area contributed by atoms with Crippen molar-refractivity contribution < 1.29 is 14.6 Å². The Morgan fingerprint density at radius 3 is 2.54 bits per heavy atom. The minimum atomic E-state index is -0.707. The molecule has 0 fully saturated rings. The number of phenolic OH excluding ortho intramolecular Hbond substituents is 1. The molecule has 0 bridgehead atoms. The highest BCUT2D eigenvalue weighted by Crippen LogP contribution is 2.22. The predicted octanol–water partition coefficient (Wildman–Crippen LogP) is 3.66. The number of nitrogens with zero attached hydrogens (tertiary/aromatic N) is 1. The highest BCUT2D eigenvalue weighted by molar-refractivity contribution is 6.30. The van der Waals surface area contributed by atoms with Crippen molar-refractivity contribution in [3.63, 3.8) is 0 Å². The molecule has 2 N–H and O–H groups in total. The SMILES string of the molecule is CC(=NNC(=O)C(C)Oc1ccc(Cl)cc1C)c1ccc(O)cc1. The lowest BCUT2D eigenvalue weighted by atomic mass is 10.1. The van der Waals surface area contributed by atoms with E-state index in [2.05, 4.69) is 10.5 Å². The van der Waals surface area contributed by atoms with Crippen molar-refractivity contribution in [1.82, 2.24) is 5.43 Å². The second kappa shape index (κ2) is 7.84. The third-order valence-electron chi connectivity index (χ3n) is 3.43. The van der Waals surface area contributed by atoms with E-state index in [0.29, 0.717) is 16.5 Å². The number of carbonyl (C=O) groups is 1. The molecule has 6 heteroatoms. The maximum Gasteiger partial charge on any atom is 0.280 e. The topological polar surface area (TPSA) is 70.9 Å². The van der Waals surface area contributed by atoms with E-state index in [1.807, 2.05) is 6.92 Å². The number of hydrazone groups is 1. The number of nitrogens with one attached hydrogen (secondary N) is 1. The van der Waals surface area contributed by atoms with Gasteiger partial charge in [-0.25, -0.2) is 5.43 Å². The first-order valence-corrected chi connectivity index (χ1v) is 7.81. The maximum absolute atomic E-state index is 12.1. The van der Waals surface area contributed by atoms with Crippen LogP contribution in [0.2, 0.25) is 5.02 Å². The molecule has 2 aromatic rings. The third-order valence-corrected chi connectivity index (χ3v) is 3.66. The van der Waals surface area contributed by atoms with Crippen molar-refractivity contribution >= 4 is 23.2 Å². The molecule has 0 aliphatic carbocycles. The summed E-state index contributed by atoms with van der Waals surface area (Å²) in [5.74, 6) is 0.416. The molecule has 1 amide bonds. The highest BCUT2D eigenvalue weighted by atomic mass is 35.5. The second-order valence-corrected chi connectivity index (χ2v) is 5.83. The molecule has 0 saturated carbocycles. The summed E-state index contributed by atoms with van der Waals surface area (Å²) < 4.78 is 5.64. The van der Waals surface area contributed by atoms with Crippen molar-refractivity contribution in [2.24, 2.45) is 5.10 Å². The average molecular weight is 347 g/mol. The molecule has 0 heterocycles. The molecule has 0 aromatic heterocycles. The molecule has 24 heavy (non-hydrogen) atoms. The van der Waals surface area contributed by atoms with Crippen molar-refractivity contribution in [1.29, 1.82) is 0 Å². The summed E-state index contributed by atoms with van der Waals surface area (Å²) in [7, 11) is 0. The molecule has 0 aliphatic rings. The first-order valence-electron chi connectivity index (χ1n) is 7.43. The highest BCUT2D eigenvalue weighted by Gasteiger charge is 2.15. The summed E-state index contributed by atoms with van der Waals surface area (Å²) in [5, 5.41) is 13.9. The van der Waals surface area contributed by atoms with Crippen molar-refractivity contribution in [2.45, 2.75) is 26.9 Å². The Morgan fingerprint density at radius 2 is 1.92 bits per heavy atom. The second-order valence-electron chi connectivity index (χ2n) is 5.39. The molecule has 126 valence electrons. The zero-order valence-electron chi connectivity index (χ0n) is 13.7. The van der Waals surface area contributed by atoms with E-state index in [1.165, 1.54) is 0 Å². The monoisotopic (exact) mass is 346 g/mol. The summed E-state index contributed by atoms with van der Waals surface area (Å²) >= 11 is 5.90. The minimum Gasteiger partial charge on any atom is -0.508 e. The fraction of sp³-hybridized carbons (Fsp3) is 0.222. The van der Waals surface area contributed by atoms with E-state index < -0.39 is 6.10 Å². The van der Waals surface area contributed by atoms with Crippen LogP contribution in [0.3, 0.4) is 0 Å². The van der Waals surface area contributed by atoms with Gasteiger partial charge in [-0.2, -0.15) is 5.10 Å². The largest absolute Gasteiger partial charge is 0.508 e. The van der Waals surface area contributed by atoms with E-state index in [9.17, 15) is 9.90 Å². The van der Waals surface area contributed by atoms with Crippen LogP contribution in [0.25, 0.3) is 0 Å². The minimum absolute atomic E-state index is 0.177. The summed E-state index contributed by atoms with van der Waals surface area (Å²) in [6.45, 7) is 5.27. The van der Waals surface area contributed by atoms with Crippen molar-refractivity contribution in [3.05, 3.63) is 58.6 Å². The van der Waals surface area contributed by atoms with Crippen LogP contribution in [0.1, 0.15) is 25.0 Å². The maximum atomic E-state index is 12.1. The Bertz CT molecular complexity index is 757. The van der Waals surface area contributed by atoms with Crippen LogP contribution >= 0.6 is 11.6 Å². The summed E-state index contributed by atoms with van der Waals surface area (Å²) in [6, 6.07) is 11.8. The fourth-order valence-corrected chi connectivity index (χ4v) is 2.21. The molecule has 1 unspecified atom stereocenters. The molecule has 0 radical (unpaired) electrons. The zero-order chi connectivity index (χ0) is 17.7. The van der Waals surface area contributed by atoms with Gasteiger partial charge in [-0.05, 0) is 74.4 Å². The molecule has 2 rings (SSSR count). The first kappa shape index (κ1) is 17.8. The van der Waals surface area contributed by atoms with Crippen LogP contribution in [-0.4, -0.2) is 22.8 Å². The molecule has 5 nitrogen and oxygen atoms in total. The van der Waals surface area contributed by atoms with Gasteiger partial charge >= 0.3 is 0 Å². The number of amides is 1. The summed E-state index contributed by atoms with van der Waals surface area (Å²) in [5.41, 5.74) is 4.76. The van der Waals surface area contributed by atoms with E-state index >= 15 is 0 Å². The number of halogens is 1. The number of hydrogen-bond acceptors (Lipinski definition) is 4. The number of phenols is 1. The fourth-order valence-electron chi connectivity index (χ4n) is 1.99. The van der Waals surface area contributed by atoms with Gasteiger partial charge in [0.15, 0.2) is 6.10 Å². The molecule has 2 aromatic carbocycles. The lowest BCUT2D eigenvalue weighted by Gasteiger charge is -2.15. The van der Waals surface area contributed by atoms with Gasteiger partial charge < -0.3 is 9.84 Å². The Labute approximate surface area is 145 Å². The van der Waals surface area contributed by atoms with E-state index in [4.69, 9.17) is 16.3 Å². The van der Waals surface area contributed by atoms with Gasteiger partial charge in [0.05, 0.1) is 5.71 Å². The Morgan fingerprint density at radius 1 is 1.25 bits per heavy atom. The van der Waals surface area contributed by atoms with Crippen LogP contribution < -0.4 is 10.2 Å². The summed E-state index contributed by atoms with van der Waals surface area (Å²) in [4.78, 5) is 12.1. The molecule has 0 saturated heterocycles. The van der Waals surface area contributed by atoms with Gasteiger partial charge in [0, 0.05) is 5.02 Å². The van der Waals surface area contributed by atoms with E-state index in [-0.39, 0.29) is 11.7 Å². The van der Waals surface area contributed by atoms with Crippen LogP contribution in [0.15, 0.2) is 47.6 Å². The molecular weight excluding hydrogens is 328 g/mol. The standard InChI is InChI=1S/C18H19ClN2O3/c1-11-10-15(19)6-9-17(11)24-13(3)18(23)21-20-12(2)14-4-7-16(22)8-5-14/h4-10,13,22H,1-3H3,(H,21,23). The van der Waals surface area contributed by atoms with Gasteiger partial charge in [0.2, 0.25) is 0 Å². The average Bonchev–Trinajstić information content (AvgIpc) is 2.55. The first-order chi connectivity index (χ1) is 11.4. The smallest absolute Gasteiger partial charge is 0.280 e. The zero-order valence-corrected chi connectivity index (χ0v) is 14.5. The van der Waals surface area contributed by atoms with Gasteiger partial charge in [0.1, 0.15) is 11.5 Å². The number of rotatable bonds is 5. The van der Waals surface area contributed by atoms with E-state index in [1.54, 1.807) is 56.3 Å². The van der Waals surface area contributed by atoms with Gasteiger partial charge in [-0.1, -0.05) is 11.6 Å². The normalized spacial score (nSPS) is 12.6. The number of hydrogen-bond donors (Lipinski definition) is 2. The quantitative estimate of drug-likeness (QED) is 0.641. The molecule has 0 aliphatic heterocycles. The third kappa shape index (κ3) is 4.73. The van der Waals surface area contributed by atoms with Crippen molar-refractivity contribution in [2.75, 3.05) is 0 Å². The number of carbonyl (C=O) groups excluding carboxylic acids is 1. The number of ether oxygens (including phenoxy) is 1.